The van der Waals surface area contributed by atoms with Crippen LogP contribution in [-0.4, -0.2) is 12.2 Å². The molecule has 2 aromatic rings. The maximum atomic E-state index is 9.23. The van der Waals surface area contributed by atoms with Crippen molar-refractivity contribution in [2.75, 3.05) is 11.9 Å². The molecule has 0 unspecified atom stereocenters. The number of rotatable bonds is 2. The van der Waals surface area contributed by atoms with E-state index in [-0.39, 0.29) is 0 Å². The molecule has 0 spiro atoms. The summed E-state index contributed by atoms with van der Waals surface area (Å²) in [5, 5.41) is 9.23. The molecular weight excluding hydrogens is 198 g/mol. The van der Waals surface area contributed by atoms with Crippen LogP contribution in [-0.2, 0) is 0 Å². The van der Waals surface area contributed by atoms with Crippen molar-refractivity contribution in [2.45, 2.75) is 6.92 Å². The third-order valence-corrected chi connectivity index (χ3v) is 2.66. The minimum Gasteiger partial charge on any atom is -0.508 e. The second-order valence-corrected chi connectivity index (χ2v) is 3.91. The maximum absolute atomic E-state index is 9.23. The molecule has 2 aromatic carbocycles. The minimum absolute atomic E-state index is 0.293. The van der Waals surface area contributed by atoms with Gasteiger partial charge in [0.25, 0.3) is 0 Å². The molecule has 82 valence electrons. The van der Waals surface area contributed by atoms with E-state index in [4.69, 9.17) is 0 Å². The van der Waals surface area contributed by atoms with E-state index in [1.54, 1.807) is 12.1 Å². The lowest BCUT2D eigenvalue weighted by molar-refractivity contribution is 0.475. The first-order valence-corrected chi connectivity index (χ1v) is 5.26. The SMILES string of the molecule is Cc1ccc(N(C)c2ccc(O)cc2)cc1. The highest BCUT2D eigenvalue weighted by atomic mass is 16.3. The van der Waals surface area contributed by atoms with E-state index >= 15 is 0 Å². The fraction of sp³-hybridized carbons (Fsp3) is 0.143. The van der Waals surface area contributed by atoms with Crippen molar-refractivity contribution in [2.24, 2.45) is 0 Å². The lowest BCUT2D eigenvalue weighted by Gasteiger charge is -2.19. The number of aryl methyl sites for hydroxylation is 1. The Bertz CT molecular complexity index is 414. The lowest BCUT2D eigenvalue weighted by atomic mass is 10.2. The zero-order valence-corrected chi connectivity index (χ0v) is 9.51. The highest BCUT2D eigenvalue weighted by Crippen LogP contribution is 2.25. The molecule has 0 aliphatic carbocycles. The van der Waals surface area contributed by atoms with Gasteiger partial charge in [-0.3, -0.25) is 0 Å². The van der Waals surface area contributed by atoms with Crippen LogP contribution in [0.25, 0.3) is 0 Å². The molecule has 2 nitrogen and oxygen atoms in total. The largest absolute Gasteiger partial charge is 0.508 e. The first kappa shape index (κ1) is 10.6. The van der Waals surface area contributed by atoms with Crippen molar-refractivity contribution < 1.29 is 5.11 Å². The van der Waals surface area contributed by atoms with Crippen LogP contribution >= 0.6 is 0 Å². The second kappa shape index (κ2) is 4.27. The number of hydrogen-bond donors (Lipinski definition) is 1. The Morgan fingerprint density at radius 1 is 0.812 bits per heavy atom. The van der Waals surface area contributed by atoms with Gasteiger partial charge < -0.3 is 10.0 Å². The summed E-state index contributed by atoms with van der Waals surface area (Å²) in [6, 6.07) is 15.5. The predicted molar refractivity (Wildman–Crippen MR) is 67.3 cm³/mol. The molecule has 0 saturated carbocycles. The van der Waals surface area contributed by atoms with Crippen LogP contribution in [0.5, 0.6) is 5.75 Å². The molecule has 0 saturated heterocycles. The van der Waals surface area contributed by atoms with Crippen molar-refractivity contribution >= 4 is 11.4 Å². The Hall–Kier alpha value is -1.96. The molecule has 1 N–H and O–H groups in total. The number of benzene rings is 2. The monoisotopic (exact) mass is 213 g/mol. The first-order valence-electron chi connectivity index (χ1n) is 5.26. The summed E-state index contributed by atoms with van der Waals surface area (Å²) in [5.74, 6) is 0.293. The lowest BCUT2D eigenvalue weighted by Crippen LogP contribution is -2.08. The summed E-state index contributed by atoms with van der Waals surface area (Å²) < 4.78 is 0. The van der Waals surface area contributed by atoms with Crippen LogP contribution in [0.4, 0.5) is 11.4 Å². The van der Waals surface area contributed by atoms with Crippen LogP contribution in [0.3, 0.4) is 0 Å². The minimum atomic E-state index is 0.293. The van der Waals surface area contributed by atoms with Gasteiger partial charge in [-0.2, -0.15) is 0 Å². The predicted octanol–water partition coefficient (Wildman–Crippen LogP) is 3.47. The number of phenols is 1. The summed E-state index contributed by atoms with van der Waals surface area (Å²) in [4.78, 5) is 2.08. The number of hydrogen-bond acceptors (Lipinski definition) is 2. The molecule has 0 heterocycles. The Balaban J connectivity index is 2.28. The van der Waals surface area contributed by atoms with Gasteiger partial charge >= 0.3 is 0 Å². The molecule has 2 heteroatoms. The van der Waals surface area contributed by atoms with Gasteiger partial charge in [0.2, 0.25) is 0 Å². The van der Waals surface area contributed by atoms with Gasteiger partial charge in [-0.15, -0.1) is 0 Å². The number of aromatic hydroxyl groups is 1. The Morgan fingerprint density at radius 2 is 1.25 bits per heavy atom. The van der Waals surface area contributed by atoms with Crippen molar-refractivity contribution in [3.05, 3.63) is 54.1 Å². The zero-order chi connectivity index (χ0) is 11.5. The maximum Gasteiger partial charge on any atom is 0.115 e. The van der Waals surface area contributed by atoms with E-state index in [9.17, 15) is 5.11 Å². The topological polar surface area (TPSA) is 23.5 Å². The first-order chi connectivity index (χ1) is 7.66. The van der Waals surface area contributed by atoms with E-state index in [0.717, 1.165) is 11.4 Å². The van der Waals surface area contributed by atoms with Gasteiger partial charge in [-0.25, -0.2) is 0 Å². The van der Waals surface area contributed by atoms with Crippen LogP contribution in [0.2, 0.25) is 0 Å². The summed E-state index contributed by atoms with van der Waals surface area (Å²) in [5.41, 5.74) is 3.45. The molecule has 0 aromatic heterocycles. The Labute approximate surface area is 95.8 Å². The molecule has 0 radical (unpaired) electrons. The molecular formula is C14H15NO. The van der Waals surface area contributed by atoms with Crippen LogP contribution in [0, 0.1) is 6.92 Å². The van der Waals surface area contributed by atoms with Gasteiger partial charge in [0.15, 0.2) is 0 Å². The highest BCUT2D eigenvalue weighted by Gasteiger charge is 2.02. The van der Waals surface area contributed by atoms with Gasteiger partial charge in [0.1, 0.15) is 5.75 Å². The summed E-state index contributed by atoms with van der Waals surface area (Å²) in [6.07, 6.45) is 0. The third kappa shape index (κ3) is 2.16. The molecule has 0 bridgehead atoms. The smallest absolute Gasteiger partial charge is 0.115 e. The van der Waals surface area contributed by atoms with Gasteiger partial charge in [0, 0.05) is 18.4 Å². The van der Waals surface area contributed by atoms with Crippen LogP contribution in [0.15, 0.2) is 48.5 Å². The second-order valence-electron chi connectivity index (χ2n) is 3.91. The molecule has 0 fully saturated rings. The summed E-state index contributed by atoms with van der Waals surface area (Å²) >= 11 is 0. The summed E-state index contributed by atoms with van der Waals surface area (Å²) in [6.45, 7) is 2.07. The third-order valence-electron chi connectivity index (χ3n) is 2.66. The van der Waals surface area contributed by atoms with E-state index in [1.807, 2.05) is 19.2 Å². The summed E-state index contributed by atoms with van der Waals surface area (Å²) in [7, 11) is 2.01. The number of anilines is 2. The van der Waals surface area contributed by atoms with E-state index in [1.165, 1.54) is 5.56 Å². The average Bonchev–Trinajstić information content (AvgIpc) is 2.30. The van der Waals surface area contributed by atoms with Crippen LogP contribution < -0.4 is 4.90 Å². The van der Waals surface area contributed by atoms with Gasteiger partial charge in [0.05, 0.1) is 0 Å². The normalized spacial score (nSPS) is 10.1. The van der Waals surface area contributed by atoms with Crippen molar-refractivity contribution in [3.8, 4) is 5.75 Å². The van der Waals surface area contributed by atoms with Crippen molar-refractivity contribution in [1.82, 2.24) is 0 Å². The number of nitrogens with zero attached hydrogens (tertiary/aromatic N) is 1. The zero-order valence-electron chi connectivity index (χ0n) is 9.51. The van der Waals surface area contributed by atoms with Crippen molar-refractivity contribution in [1.29, 1.82) is 0 Å². The molecule has 0 aliphatic rings. The van der Waals surface area contributed by atoms with E-state index < -0.39 is 0 Å². The quantitative estimate of drug-likeness (QED) is 0.825. The fourth-order valence-electron chi connectivity index (χ4n) is 1.59. The molecule has 0 atom stereocenters. The molecule has 2 rings (SSSR count). The Kier molecular flexibility index (Phi) is 2.82. The van der Waals surface area contributed by atoms with E-state index in [0.29, 0.717) is 5.75 Å². The highest BCUT2D eigenvalue weighted by molar-refractivity contribution is 5.63. The van der Waals surface area contributed by atoms with Crippen molar-refractivity contribution in [3.63, 3.8) is 0 Å². The molecule has 0 amide bonds. The average molecular weight is 213 g/mol. The fourth-order valence-corrected chi connectivity index (χ4v) is 1.59. The van der Waals surface area contributed by atoms with E-state index in [2.05, 4.69) is 36.1 Å². The molecule has 16 heavy (non-hydrogen) atoms. The Morgan fingerprint density at radius 3 is 1.75 bits per heavy atom. The van der Waals surface area contributed by atoms with Gasteiger partial charge in [-0.1, -0.05) is 17.7 Å². The molecule has 0 aliphatic heterocycles. The standard InChI is InChI=1S/C14H15NO/c1-11-3-5-12(6-4-11)15(2)13-7-9-14(16)10-8-13/h3-10,16H,1-2H3. The number of phenolic OH excluding ortho intramolecular Hbond substituents is 1. The van der Waals surface area contributed by atoms with Crippen LogP contribution in [0.1, 0.15) is 5.56 Å². The van der Waals surface area contributed by atoms with Gasteiger partial charge in [-0.05, 0) is 43.3 Å².